The SMILES string of the molecule is CNc1nc(N)c(C(=O)NCCS(C)(=O)=O)s1. The van der Waals surface area contributed by atoms with Gasteiger partial charge in [0.2, 0.25) is 0 Å². The van der Waals surface area contributed by atoms with Crippen LogP contribution in [0.25, 0.3) is 0 Å². The summed E-state index contributed by atoms with van der Waals surface area (Å²) in [5, 5.41) is 5.79. The Morgan fingerprint density at radius 1 is 1.53 bits per heavy atom. The lowest BCUT2D eigenvalue weighted by Crippen LogP contribution is -2.28. The van der Waals surface area contributed by atoms with Gasteiger partial charge < -0.3 is 16.4 Å². The van der Waals surface area contributed by atoms with Crippen LogP contribution in [0.1, 0.15) is 9.67 Å². The molecule has 4 N–H and O–H groups in total. The molecule has 0 fully saturated rings. The standard InChI is InChI=1S/C8H14N4O3S2/c1-10-8-12-6(9)5(16-8)7(13)11-3-4-17(2,14)15/h3-4,9H2,1-2H3,(H,10,12)(H,11,13). The van der Waals surface area contributed by atoms with Gasteiger partial charge in [-0.1, -0.05) is 11.3 Å². The minimum Gasteiger partial charge on any atom is -0.382 e. The maximum absolute atomic E-state index is 11.6. The lowest BCUT2D eigenvalue weighted by Gasteiger charge is -2.02. The molecule has 0 unspecified atom stereocenters. The van der Waals surface area contributed by atoms with E-state index in [1.165, 1.54) is 0 Å². The Balaban J connectivity index is 2.61. The third kappa shape index (κ3) is 4.19. The van der Waals surface area contributed by atoms with Crippen molar-refractivity contribution in [1.29, 1.82) is 0 Å². The number of carbonyl (C=O) groups excluding carboxylic acids is 1. The van der Waals surface area contributed by atoms with Crippen LogP contribution in [0.4, 0.5) is 10.9 Å². The predicted molar refractivity (Wildman–Crippen MR) is 68.1 cm³/mol. The summed E-state index contributed by atoms with van der Waals surface area (Å²) < 4.78 is 21.7. The van der Waals surface area contributed by atoms with Crippen molar-refractivity contribution in [3.05, 3.63) is 4.88 Å². The molecule has 96 valence electrons. The zero-order valence-corrected chi connectivity index (χ0v) is 11.1. The second-order valence-electron chi connectivity index (χ2n) is 3.37. The lowest BCUT2D eigenvalue weighted by molar-refractivity contribution is 0.0961. The van der Waals surface area contributed by atoms with E-state index < -0.39 is 15.7 Å². The van der Waals surface area contributed by atoms with E-state index in [0.29, 0.717) is 5.13 Å². The molecule has 0 aliphatic heterocycles. The topological polar surface area (TPSA) is 114 Å². The summed E-state index contributed by atoms with van der Waals surface area (Å²) in [5.41, 5.74) is 5.56. The number of nitrogen functional groups attached to an aromatic ring is 1. The normalized spacial score (nSPS) is 11.2. The Kier molecular flexibility index (Phi) is 4.29. The fraction of sp³-hybridized carbons (Fsp3) is 0.500. The molecule has 9 heteroatoms. The van der Waals surface area contributed by atoms with Crippen molar-refractivity contribution >= 4 is 38.0 Å². The first kappa shape index (κ1) is 13.7. The molecule has 1 aromatic heterocycles. The molecule has 0 saturated carbocycles. The number of carbonyl (C=O) groups is 1. The molecule has 17 heavy (non-hydrogen) atoms. The summed E-state index contributed by atoms with van der Waals surface area (Å²) in [5.74, 6) is -0.377. The molecular formula is C8H14N4O3S2. The molecule has 1 aromatic rings. The molecule has 0 aromatic carbocycles. The molecule has 0 spiro atoms. The summed E-state index contributed by atoms with van der Waals surface area (Å²) in [4.78, 5) is 15.8. The Labute approximate surface area is 103 Å². The van der Waals surface area contributed by atoms with E-state index in [2.05, 4.69) is 15.6 Å². The largest absolute Gasteiger partial charge is 0.382 e. The highest BCUT2D eigenvalue weighted by Crippen LogP contribution is 2.23. The molecule has 7 nitrogen and oxygen atoms in total. The summed E-state index contributed by atoms with van der Waals surface area (Å²) in [7, 11) is -1.41. The van der Waals surface area contributed by atoms with Crippen molar-refractivity contribution in [1.82, 2.24) is 10.3 Å². The van der Waals surface area contributed by atoms with Crippen molar-refractivity contribution in [3.63, 3.8) is 0 Å². The molecule has 1 heterocycles. The number of nitrogens with two attached hydrogens (primary N) is 1. The summed E-state index contributed by atoms with van der Waals surface area (Å²) in [6.07, 6.45) is 1.11. The van der Waals surface area contributed by atoms with Crippen molar-refractivity contribution < 1.29 is 13.2 Å². The molecular weight excluding hydrogens is 264 g/mol. The number of sulfone groups is 1. The van der Waals surface area contributed by atoms with E-state index in [9.17, 15) is 13.2 Å². The van der Waals surface area contributed by atoms with Gasteiger partial charge in [-0.3, -0.25) is 4.79 Å². The third-order valence-corrected chi connectivity index (χ3v) is 3.87. The van der Waals surface area contributed by atoms with Gasteiger partial charge in [0.25, 0.3) is 5.91 Å². The lowest BCUT2D eigenvalue weighted by atomic mass is 10.4. The number of nitrogens with one attached hydrogen (secondary N) is 2. The van der Waals surface area contributed by atoms with E-state index in [1.54, 1.807) is 7.05 Å². The van der Waals surface area contributed by atoms with Crippen LogP contribution in [-0.2, 0) is 9.84 Å². The number of amides is 1. The van der Waals surface area contributed by atoms with Crippen molar-refractivity contribution in [3.8, 4) is 0 Å². The van der Waals surface area contributed by atoms with E-state index >= 15 is 0 Å². The highest BCUT2D eigenvalue weighted by molar-refractivity contribution is 7.90. The Bertz CT molecular complexity index is 509. The second kappa shape index (κ2) is 5.32. The maximum atomic E-state index is 11.6. The van der Waals surface area contributed by atoms with Gasteiger partial charge in [-0.05, 0) is 0 Å². The van der Waals surface area contributed by atoms with Gasteiger partial charge in [0, 0.05) is 19.8 Å². The first-order valence-corrected chi connectivity index (χ1v) is 7.61. The predicted octanol–water partition coefficient (Wildman–Crippen LogP) is -0.459. The first-order chi connectivity index (χ1) is 7.83. The van der Waals surface area contributed by atoms with Gasteiger partial charge in [0.1, 0.15) is 20.5 Å². The van der Waals surface area contributed by atoms with Crippen LogP contribution in [0, 0.1) is 0 Å². The van der Waals surface area contributed by atoms with Crippen molar-refractivity contribution in [2.45, 2.75) is 0 Å². The van der Waals surface area contributed by atoms with Crippen LogP contribution in [0.3, 0.4) is 0 Å². The third-order valence-electron chi connectivity index (χ3n) is 1.83. The van der Waals surface area contributed by atoms with E-state index in [4.69, 9.17) is 5.73 Å². The number of aromatic nitrogens is 1. The number of nitrogens with zero attached hydrogens (tertiary/aromatic N) is 1. The van der Waals surface area contributed by atoms with Crippen LogP contribution < -0.4 is 16.4 Å². The highest BCUT2D eigenvalue weighted by Gasteiger charge is 2.15. The number of anilines is 2. The molecule has 1 amide bonds. The molecule has 0 atom stereocenters. The maximum Gasteiger partial charge on any atom is 0.265 e. The zero-order valence-electron chi connectivity index (χ0n) is 9.48. The van der Waals surface area contributed by atoms with Crippen LogP contribution >= 0.6 is 11.3 Å². The van der Waals surface area contributed by atoms with Gasteiger partial charge in [-0.2, -0.15) is 0 Å². The van der Waals surface area contributed by atoms with E-state index in [1.807, 2.05) is 0 Å². The van der Waals surface area contributed by atoms with Gasteiger partial charge in [0.15, 0.2) is 5.13 Å². The number of hydrogen-bond acceptors (Lipinski definition) is 7. The quantitative estimate of drug-likeness (QED) is 0.671. The number of thiazole rings is 1. The van der Waals surface area contributed by atoms with Gasteiger partial charge in [-0.15, -0.1) is 0 Å². The fourth-order valence-corrected chi connectivity index (χ4v) is 2.26. The molecule has 0 radical (unpaired) electrons. The second-order valence-corrected chi connectivity index (χ2v) is 6.63. The van der Waals surface area contributed by atoms with E-state index in [0.717, 1.165) is 17.6 Å². The smallest absolute Gasteiger partial charge is 0.265 e. The van der Waals surface area contributed by atoms with Gasteiger partial charge in [-0.25, -0.2) is 13.4 Å². The number of rotatable bonds is 5. The average molecular weight is 278 g/mol. The Hall–Kier alpha value is -1.35. The number of hydrogen-bond donors (Lipinski definition) is 3. The molecule has 1 rings (SSSR count). The summed E-state index contributed by atoms with van der Waals surface area (Å²) in [6.45, 7) is 0.0594. The molecule has 0 aliphatic carbocycles. The zero-order chi connectivity index (χ0) is 13.1. The van der Waals surface area contributed by atoms with Crippen molar-refractivity contribution in [2.24, 2.45) is 0 Å². The summed E-state index contributed by atoms with van der Waals surface area (Å²) in [6, 6.07) is 0. The molecule has 0 saturated heterocycles. The minimum atomic E-state index is -3.08. The van der Waals surface area contributed by atoms with E-state index in [-0.39, 0.29) is 23.0 Å². The molecule has 0 bridgehead atoms. The first-order valence-electron chi connectivity index (χ1n) is 4.73. The Morgan fingerprint density at radius 2 is 2.18 bits per heavy atom. The highest BCUT2D eigenvalue weighted by atomic mass is 32.2. The van der Waals surface area contributed by atoms with Gasteiger partial charge in [0.05, 0.1) is 5.75 Å². The monoisotopic (exact) mass is 278 g/mol. The van der Waals surface area contributed by atoms with Crippen LogP contribution in [0.15, 0.2) is 0 Å². The minimum absolute atomic E-state index is 0.0594. The Morgan fingerprint density at radius 3 is 2.65 bits per heavy atom. The molecule has 0 aliphatic rings. The summed E-state index contributed by atoms with van der Waals surface area (Å²) >= 11 is 1.12. The van der Waals surface area contributed by atoms with Gasteiger partial charge >= 0.3 is 0 Å². The van der Waals surface area contributed by atoms with Crippen LogP contribution in [-0.4, -0.2) is 44.9 Å². The van der Waals surface area contributed by atoms with Crippen LogP contribution in [0.5, 0.6) is 0 Å². The average Bonchev–Trinajstić information content (AvgIpc) is 2.57. The van der Waals surface area contributed by atoms with Crippen LogP contribution in [0.2, 0.25) is 0 Å². The van der Waals surface area contributed by atoms with Crippen molar-refractivity contribution in [2.75, 3.05) is 36.7 Å². The fourth-order valence-electron chi connectivity index (χ4n) is 1.03.